The van der Waals surface area contributed by atoms with Gasteiger partial charge in [-0.1, -0.05) is 0 Å². The van der Waals surface area contributed by atoms with Gasteiger partial charge in [0.15, 0.2) is 11.6 Å². The molecule has 80 valence electrons. The number of oxazole rings is 1. The second-order valence-corrected chi connectivity index (χ2v) is 2.39. The summed E-state index contributed by atoms with van der Waals surface area (Å²) in [6, 6.07) is 0. The first-order valence-corrected chi connectivity index (χ1v) is 4.09. The molecule has 0 bridgehead atoms. The zero-order chi connectivity index (χ0) is 9.68. The molecule has 0 atom stereocenters. The summed E-state index contributed by atoms with van der Waals surface area (Å²) >= 11 is 0. The molecule has 1 rings (SSSR count). The smallest absolute Gasteiger partial charge is 0.360 e. The Balaban J connectivity index is 0.00000169. The molecule has 14 heavy (non-hydrogen) atoms. The van der Waals surface area contributed by atoms with Crippen molar-refractivity contribution in [3.05, 3.63) is 17.8 Å². The second-order valence-electron chi connectivity index (χ2n) is 2.39. The maximum atomic E-state index is 11.1. The molecule has 0 aliphatic carbocycles. The minimum Gasteiger partial charge on any atom is -0.461 e. The number of ether oxygens (including phenoxy) is 1. The highest BCUT2D eigenvalue weighted by molar-refractivity contribution is 5.86. The fraction of sp³-hybridized carbons (Fsp3) is 0.500. The van der Waals surface area contributed by atoms with Crippen molar-refractivity contribution >= 4 is 18.4 Å². The van der Waals surface area contributed by atoms with Crippen LogP contribution in [-0.2, 0) is 11.2 Å². The Bertz CT molecular complexity index is 288. The molecule has 1 aromatic heterocycles. The highest BCUT2D eigenvalue weighted by atomic mass is 35.5. The van der Waals surface area contributed by atoms with E-state index in [0.29, 0.717) is 25.5 Å². The van der Waals surface area contributed by atoms with Crippen molar-refractivity contribution in [2.24, 2.45) is 5.73 Å². The van der Waals surface area contributed by atoms with Gasteiger partial charge < -0.3 is 14.9 Å². The summed E-state index contributed by atoms with van der Waals surface area (Å²) in [7, 11) is 0. The lowest BCUT2D eigenvalue weighted by atomic mass is 10.4. The first kappa shape index (κ1) is 12.9. The van der Waals surface area contributed by atoms with Gasteiger partial charge in [-0.3, -0.25) is 0 Å². The molecule has 6 heteroatoms. The van der Waals surface area contributed by atoms with Gasteiger partial charge in [-0.25, -0.2) is 9.78 Å². The Labute approximate surface area is 88.0 Å². The fourth-order valence-corrected chi connectivity index (χ4v) is 0.848. The van der Waals surface area contributed by atoms with Crippen LogP contribution >= 0.6 is 12.4 Å². The summed E-state index contributed by atoms with van der Waals surface area (Å²) in [5.74, 6) is 0.0000690. The van der Waals surface area contributed by atoms with Crippen LogP contribution in [0.4, 0.5) is 0 Å². The quantitative estimate of drug-likeness (QED) is 0.759. The Morgan fingerprint density at radius 2 is 2.43 bits per heavy atom. The van der Waals surface area contributed by atoms with Crippen LogP contribution < -0.4 is 5.73 Å². The van der Waals surface area contributed by atoms with Crippen LogP contribution in [0.25, 0.3) is 0 Å². The SMILES string of the molecule is CCOC(=O)c1coc(CCN)n1.Cl. The number of halogens is 1. The van der Waals surface area contributed by atoms with Crippen LogP contribution in [0.2, 0.25) is 0 Å². The minimum atomic E-state index is -0.463. The average Bonchev–Trinajstić information content (AvgIpc) is 2.54. The number of hydrogen-bond donors (Lipinski definition) is 1. The standard InChI is InChI=1S/C8H12N2O3.ClH/c1-2-12-8(11)6-5-13-7(10-6)3-4-9;/h5H,2-4,9H2,1H3;1H. The fourth-order valence-electron chi connectivity index (χ4n) is 0.848. The van der Waals surface area contributed by atoms with Crippen LogP contribution in [-0.4, -0.2) is 24.1 Å². The van der Waals surface area contributed by atoms with Gasteiger partial charge in [0, 0.05) is 13.0 Å². The Morgan fingerprint density at radius 1 is 1.71 bits per heavy atom. The van der Waals surface area contributed by atoms with Crippen LogP contribution in [0.15, 0.2) is 10.7 Å². The Kier molecular flexibility index (Phi) is 5.91. The number of rotatable bonds is 4. The summed E-state index contributed by atoms with van der Waals surface area (Å²) in [6.45, 7) is 2.51. The number of esters is 1. The van der Waals surface area contributed by atoms with E-state index in [9.17, 15) is 4.79 Å². The molecular formula is C8H13ClN2O3. The van der Waals surface area contributed by atoms with Gasteiger partial charge in [0.2, 0.25) is 0 Å². The van der Waals surface area contributed by atoms with Gasteiger partial charge in [-0.05, 0) is 6.92 Å². The monoisotopic (exact) mass is 220 g/mol. The lowest BCUT2D eigenvalue weighted by Gasteiger charge is -1.94. The van der Waals surface area contributed by atoms with E-state index < -0.39 is 5.97 Å². The molecule has 0 unspecified atom stereocenters. The molecule has 0 aromatic carbocycles. The number of hydrogen-bond acceptors (Lipinski definition) is 5. The third kappa shape index (κ3) is 3.35. The highest BCUT2D eigenvalue weighted by Crippen LogP contribution is 2.03. The molecule has 0 aliphatic rings. The minimum absolute atomic E-state index is 0. The third-order valence-electron chi connectivity index (χ3n) is 1.39. The molecule has 5 nitrogen and oxygen atoms in total. The molecule has 0 spiro atoms. The Morgan fingerprint density at radius 3 is 3.00 bits per heavy atom. The van der Waals surface area contributed by atoms with Crippen LogP contribution in [0.1, 0.15) is 23.3 Å². The molecule has 0 saturated heterocycles. The topological polar surface area (TPSA) is 78.3 Å². The van der Waals surface area contributed by atoms with Crippen molar-refractivity contribution in [3.63, 3.8) is 0 Å². The van der Waals surface area contributed by atoms with Gasteiger partial charge in [-0.2, -0.15) is 0 Å². The number of nitrogens with two attached hydrogens (primary N) is 1. The average molecular weight is 221 g/mol. The first-order chi connectivity index (χ1) is 6.27. The molecule has 1 aromatic rings. The maximum Gasteiger partial charge on any atom is 0.360 e. The first-order valence-electron chi connectivity index (χ1n) is 4.09. The summed E-state index contributed by atoms with van der Waals surface area (Å²) in [5, 5.41) is 0. The zero-order valence-corrected chi connectivity index (χ0v) is 8.67. The van der Waals surface area contributed by atoms with E-state index in [1.807, 2.05) is 0 Å². The summed E-state index contributed by atoms with van der Waals surface area (Å²) in [4.78, 5) is 15.0. The maximum absolute atomic E-state index is 11.1. The van der Waals surface area contributed by atoms with E-state index in [4.69, 9.17) is 14.9 Å². The molecule has 0 radical (unpaired) electrons. The summed E-state index contributed by atoms with van der Waals surface area (Å²) in [6.07, 6.45) is 1.81. The van der Waals surface area contributed by atoms with E-state index in [1.165, 1.54) is 6.26 Å². The van der Waals surface area contributed by atoms with Gasteiger partial charge in [-0.15, -0.1) is 12.4 Å². The summed E-state index contributed by atoms with van der Waals surface area (Å²) < 4.78 is 9.71. The molecule has 0 amide bonds. The van der Waals surface area contributed by atoms with E-state index in [0.717, 1.165) is 0 Å². The van der Waals surface area contributed by atoms with Gasteiger partial charge in [0.1, 0.15) is 6.26 Å². The molecule has 1 heterocycles. The number of carbonyl (C=O) groups excluding carboxylic acids is 1. The van der Waals surface area contributed by atoms with Crippen molar-refractivity contribution in [1.29, 1.82) is 0 Å². The van der Waals surface area contributed by atoms with Crippen molar-refractivity contribution in [1.82, 2.24) is 4.98 Å². The van der Waals surface area contributed by atoms with Gasteiger partial charge in [0.05, 0.1) is 6.61 Å². The largest absolute Gasteiger partial charge is 0.461 e. The second kappa shape index (κ2) is 6.39. The van der Waals surface area contributed by atoms with Crippen molar-refractivity contribution in [3.8, 4) is 0 Å². The number of aromatic nitrogens is 1. The molecule has 2 N–H and O–H groups in total. The van der Waals surface area contributed by atoms with E-state index >= 15 is 0 Å². The third-order valence-corrected chi connectivity index (χ3v) is 1.39. The van der Waals surface area contributed by atoms with Crippen LogP contribution in [0.3, 0.4) is 0 Å². The van der Waals surface area contributed by atoms with E-state index in [-0.39, 0.29) is 18.1 Å². The number of nitrogens with zero attached hydrogens (tertiary/aromatic N) is 1. The van der Waals surface area contributed by atoms with Crippen LogP contribution in [0, 0.1) is 0 Å². The normalized spacial score (nSPS) is 9.29. The van der Waals surface area contributed by atoms with Gasteiger partial charge in [0.25, 0.3) is 0 Å². The highest BCUT2D eigenvalue weighted by Gasteiger charge is 2.11. The van der Waals surface area contributed by atoms with E-state index in [2.05, 4.69) is 4.98 Å². The lowest BCUT2D eigenvalue weighted by Crippen LogP contribution is -2.06. The molecular weight excluding hydrogens is 208 g/mol. The molecule has 0 fully saturated rings. The lowest BCUT2D eigenvalue weighted by molar-refractivity contribution is 0.0519. The van der Waals surface area contributed by atoms with Gasteiger partial charge >= 0.3 is 5.97 Å². The summed E-state index contributed by atoms with van der Waals surface area (Å²) in [5.41, 5.74) is 5.49. The Hall–Kier alpha value is -1.07. The van der Waals surface area contributed by atoms with Crippen molar-refractivity contribution in [2.75, 3.05) is 13.2 Å². The van der Waals surface area contributed by atoms with E-state index in [1.54, 1.807) is 6.92 Å². The van der Waals surface area contributed by atoms with Crippen molar-refractivity contribution < 1.29 is 13.9 Å². The number of carbonyl (C=O) groups is 1. The van der Waals surface area contributed by atoms with Crippen molar-refractivity contribution in [2.45, 2.75) is 13.3 Å². The predicted molar refractivity (Wildman–Crippen MR) is 52.5 cm³/mol. The zero-order valence-electron chi connectivity index (χ0n) is 7.86. The predicted octanol–water partition coefficient (Wildman–Crippen LogP) is 0.774. The molecule has 0 saturated carbocycles. The molecule has 0 aliphatic heterocycles. The van der Waals surface area contributed by atoms with Crippen LogP contribution in [0.5, 0.6) is 0 Å².